The van der Waals surface area contributed by atoms with E-state index in [2.05, 4.69) is 15.8 Å². The molecule has 6 nitrogen and oxygen atoms in total. The average Bonchev–Trinajstić information content (AvgIpc) is 2.81. The minimum atomic E-state index is -0.188. The Morgan fingerprint density at radius 3 is 2.95 bits per heavy atom. The van der Waals surface area contributed by atoms with Crippen LogP contribution in [0.2, 0.25) is 0 Å². The van der Waals surface area contributed by atoms with Crippen molar-refractivity contribution in [3.63, 3.8) is 0 Å². The van der Waals surface area contributed by atoms with Crippen LogP contribution in [0.15, 0.2) is 0 Å². The molecule has 2 N–H and O–H groups in total. The molecular formula is C12H16N4O2S. The molecule has 0 aromatic carbocycles. The summed E-state index contributed by atoms with van der Waals surface area (Å²) in [5.74, 6) is 2.51. The Labute approximate surface area is 116 Å². The standard InChI is InChI=1S/C12H16N4O2S/c1-3-4-15(2)11(17)9-10(13)14-12(19-9)16-5-7-18-8-6-16/h1H,4-8,13H2,2H3. The molecule has 1 aliphatic rings. The molecule has 0 bridgehead atoms. The van der Waals surface area contributed by atoms with E-state index in [1.807, 2.05) is 0 Å². The zero-order valence-electron chi connectivity index (χ0n) is 10.8. The Morgan fingerprint density at radius 1 is 1.63 bits per heavy atom. The summed E-state index contributed by atoms with van der Waals surface area (Å²) in [6.07, 6.45) is 5.20. The van der Waals surface area contributed by atoms with Gasteiger partial charge in [0.1, 0.15) is 10.7 Å². The van der Waals surface area contributed by atoms with E-state index in [0.717, 1.165) is 18.2 Å². The van der Waals surface area contributed by atoms with Crippen LogP contribution in [0.4, 0.5) is 10.9 Å². The molecule has 102 valence electrons. The molecule has 19 heavy (non-hydrogen) atoms. The van der Waals surface area contributed by atoms with E-state index < -0.39 is 0 Å². The maximum atomic E-state index is 12.1. The second-order valence-corrected chi connectivity index (χ2v) is 5.15. The van der Waals surface area contributed by atoms with Crippen LogP contribution in [0.1, 0.15) is 9.67 Å². The molecule has 0 radical (unpaired) electrons. The van der Waals surface area contributed by atoms with Crippen molar-refractivity contribution in [2.75, 3.05) is 50.5 Å². The Bertz CT molecular complexity index is 502. The van der Waals surface area contributed by atoms with Gasteiger partial charge < -0.3 is 20.3 Å². The highest BCUT2D eigenvalue weighted by molar-refractivity contribution is 7.18. The van der Waals surface area contributed by atoms with Gasteiger partial charge in [0.25, 0.3) is 5.91 Å². The van der Waals surface area contributed by atoms with Crippen molar-refractivity contribution in [2.45, 2.75) is 0 Å². The summed E-state index contributed by atoms with van der Waals surface area (Å²) >= 11 is 1.30. The molecule has 1 aromatic rings. The van der Waals surface area contributed by atoms with Gasteiger partial charge in [-0.3, -0.25) is 4.79 Å². The summed E-state index contributed by atoms with van der Waals surface area (Å²) in [6.45, 7) is 3.12. The zero-order valence-corrected chi connectivity index (χ0v) is 11.6. The van der Waals surface area contributed by atoms with Gasteiger partial charge in [-0.2, -0.15) is 0 Å². The summed E-state index contributed by atoms with van der Waals surface area (Å²) < 4.78 is 5.28. The number of hydrogen-bond donors (Lipinski definition) is 1. The minimum absolute atomic E-state index is 0.188. The summed E-state index contributed by atoms with van der Waals surface area (Å²) in [7, 11) is 1.65. The molecule has 1 aliphatic heterocycles. The molecule has 0 spiro atoms. The third kappa shape index (κ3) is 2.97. The van der Waals surface area contributed by atoms with Crippen LogP contribution in [-0.4, -0.2) is 55.7 Å². The van der Waals surface area contributed by atoms with Crippen LogP contribution >= 0.6 is 11.3 Å². The Kier molecular flexibility index (Phi) is 4.24. The molecule has 0 aliphatic carbocycles. The zero-order chi connectivity index (χ0) is 13.8. The van der Waals surface area contributed by atoms with Crippen LogP contribution in [0.25, 0.3) is 0 Å². The van der Waals surface area contributed by atoms with E-state index in [4.69, 9.17) is 16.9 Å². The third-order valence-corrected chi connectivity index (χ3v) is 3.91. The molecule has 0 saturated carbocycles. The molecule has 0 unspecified atom stereocenters. The van der Waals surface area contributed by atoms with Crippen LogP contribution in [-0.2, 0) is 4.74 Å². The van der Waals surface area contributed by atoms with Crippen molar-refractivity contribution in [3.05, 3.63) is 4.88 Å². The number of thiazole rings is 1. The van der Waals surface area contributed by atoms with E-state index in [1.54, 1.807) is 7.05 Å². The lowest BCUT2D eigenvalue weighted by Gasteiger charge is -2.25. The van der Waals surface area contributed by atoms with Crippen LogP contribution in [0.5, 0.6) is 0 Å². The van der Waals surface area contributed by atoms with Crippen molar-refractivity contribution in [2.24, 2.45) is 0 Å². The van der Waals surface area contributed by atoms with E-state index in [9.17, 15) is 4.79 Å². The average molecular weight is 280 g/mol. The lowest BCUT2D eigenvalue weighted by atomic mass is 10.4. The summed E-state index contributed by atoms with van der Waals surface area (Å²) in [6, 6.07) is 0. The first kappa shape index (κ1) is 13.6. The van der Waals surface area contributed by atoms with E-state index >= 15 is 0 Å². The number of rotatable bonds is 3. The maximum absolute atomic E-state index is 12.1. The first-order valence-corrected chi connectivity index (χ1v) is 6.73. The molecule has 2 rings (SSSR count). The van der Waals surface area contributed by atoms with Crippen LogP contribution < -0.4 is 10.6 Å². The largest absolute Gasteiger partial charge is 0.382 e. The molecule has 1 saturated heterocycles. The normalized spacial score (nSPS) is 15.1. The first-order valence-electron chi connectivity index (χ1n) is 5.91. The number of terminal acetylenes is 1. The van der Waals surface area contributed by atoms with Crippen LogP contribution in [0.3, 0.4) is 0 Å². The number of nitrogens with zero attached hydrogens (tertiary/aromatic N) is 3. The van der Waals surface area contributed by atoms with Gasteiger partial charge in [0.2, 0.25) is 0 Å². The summed E-state index contributed by atoms with van der Waals surface area (Å²) in [4.78, 5) is 20.4. The van der Waals surface area contributed by atoms with Gasteiger partial charge in [-0.1, -0.05) is 17.3 Å². The number of aromatic nitrogens is 1. The van der Waals surface area contributed by atoms with E-state index in [0.29, 0.717) is 18.1 Å². The van der Waals surface area contributed by atoms with Gasteiger partial charge in [-0.25, -0.2) is 4.98 Å². The molecule has 7 heteroatoms. The van der Waals surface area contributed by atoms with Crippen molar-refractivity contribution in [3.8, 4) is 12.3 Å². The van der Waals surface area contributed by atoms with Crippen molar-refractivity contribution in [1.29, 1.82) is 0 Å². The highest BCUT2D eigenvalue weighted by atomic mass is 32.1. The van der Waals surface area contributed by atoms with Gasteiger partial charge >= 0.3 is 0 Å². The second-order valence-electron chi connectivity index (χ2n) is 4.18. The lowest BCUT2D eigenvalue weighted by molar-refractivity contribution is 0.0818. The number of carbonyl (C=O) groups is 1. The van der Waals surface area contributed by atoms with Gasteiger partial charge in [0, 0.05) is 20.1 Å². The van der Waals surface area contributed by atoms with Crippen LogP contribution in [0, 0.1) is 12.3 Å². The monoisotopic (exact) mass is 280 g/mol. The molecule has 2 heterocycles. The molecule has 0 atom stereocenters. The Morgan fingerprint density at radius 2 is 2.32 bits per heavy atom. The van der Waals surface area contributed by atoms with Gasteiger partial charge in [-0.15, -0.1) is 6.42 Å². The molecular weight excluding hydrogens is 264 g/mol. The highest BCUT2D eigenvalue weighted by Gasteiger charge is 2.22. The number of morpholine rings is 1. The number of carbonyl (C=O) groups excluding carboxylic acids is 1. The van der Waals surface area contributed by atoms with Gasteiger partial charge in [0.05, 0.1) is 19.8 Å². The van der Waals surface area contributed by atoms with E-state index in [-0.39, 0.29) is 18.3 Å². The second kappa shape index (κ2) is 5.91. The fourth-order valence-electron chi connectivity index (χ4n) is 1.75. The fourth-order valence-corrected chi connectivity index (χ4v) is 2.78. The number of nitrogens with two attached hydrogens (primary N) is 1. The van der Waals surface area contributed by atoms with Crippen molar-refractivity contribution >= 4 is 28.2 Å². The number of anilines is 2. The molecule has 1 fully saturated rings. The fraction of sp³-hybridized carbons (Fsp3) is 0.500. The first-order chi connectivity index (χ1) is 9.13. The van der Waals surface area contributed by atoms with Crippen molar-refractivity contribution in [1.82, 2.24) is 9.88 Å². The number of amides is 1. The summed E-state index contributed by atoms with van der Waals surface area (Å²) in [5.41, 5.74) is 5.83. The van der Waals surface area contributed by atoms with E-state index in [1.165, 1.54) is 16.2 Å². The molecule has 1 amide bonds. The lowest BCUT2D eigenvalue weighted by Crippen LogP contribution is -2.36. The quantitative estimate of drug-likeness (QED) is 0.805. The maximum Gasteiger partial charge on any atom is 0.268 e. The SMILES string of the molecule is C#CCN(C)C(=O)c1sc(N2CCOCC2)nc1N. The smallest absolute Gasteiger partial charge is 0.268 e. The Hall–Kier alpha value is -1.78. The number of nitrogen functional groups attached to an aromatic ring is 1. The third-order valence-electron chi connectivity index (χ3n) is 2.79. The number of hydrogen-bond acceptors (Lipinski definition) is 6. The highest BCUT2D eigenvalue weighted by Crippen LogP contribution is 2.29. The predicted molar refractivity (Wildman–Crippen MR) is 75.4 cm³/mol. The Balaban J connectivity index is 2.16. The van der Waals surface area contributed by atoms with Crippen molar-refractivity contribution < 1.29 is 9.53 Å². The van der Waals surface area contributed by atoms with Gasteiger partial charge in [0.15, 0.2) is 5.13 Å². The molecule has 1 aromatic heterocycles. The summed E-state index contributed by atoms with van der Waals surface area (Å²) in [5, 5.41) is 0.762. The number of ether oxygens (including phenoxy) is 1. The minimum Gasteiger partial charge on any atom is -0.382 e. The predicted octanol–water partition coefficient (Wildman–Crippen LogP) is 0.267. The topological polar surface area (TPSA) is 71.7 Å². The van der Waals surface area contributed by atoms with Gasteiger partial charge in [-0.05, 0) is 0 Å².